The second kappa shape index (κ2) is 8.16. The summed E-state index contributed by atoms with van der Waals surface area (Å²) in [5.74, 6) is 0. The first kappa shape index (κ1) is 16.8. The van der Waals surface area contributed by atoms with Crippen LogP contribution in [0.25, 0.3) is 0 Å². The number of aryl methyl sites for hydroxylation is 2. The van der Waals surface area contributed by atoms with E-state index in [1.54, 1.807) is 0 Å². The van der Waals surface area contributed by atoms with Gasteiger partial charge in [0, 0.05) is 19.1 Å². The highest BCUT2D eigenvalue weighted by molar-refractivity contribution is 6.31. The molecule has 1 aliphatic heterocycles. The van der Waals surface area contributed by atoms with E-state index in [0.29, 0.717) is 0 Å². The molecule has 1 fully saturated rings. The lowest BCUT2D eigenvalue weighted by molar-refractivity contribution is 0.159. The zero-order chi connectivity index (χ0) is 15.2. The van der Waals surface area contributed by atoms with Crippen molar-refractivity contribution >= 4 is 11.6 Å². The van der Waals surface area contributed by atoms with E-state index in [9.17, 15) is 0 Å². The van der Waals surface area contributed by atoms with E-state index < -0.39 is 0 Å². The van der Waals surface area contributed by atoms with Crippen molar-refractivity contribution in [2.45, 2.75) is 65.6 Å². The maximum atomic E-state index is 6.31. The van der Waals surface area contributed by atoms with Gasteiger partial charge in [0.15, 0.2) is 0 Å². The molecule has 21 heavy (non-hydrogen) atoms. The third-order valence-corrected chi connectivity index (χ3v) is 4.98. The highest BCUT2D eigenvalue weighted by Gasteiger charge is 2.17. The van der Waals surface area contributed by atoms with Crippen molar-refractivity contribution in [3.8, 4) is 0 Å². The minimum absolute atomic E-state index is 0.761. The molecule has 4 nitrogen and oxygen atoms in total. The average Bonchev–Trinajstić information content (AvgIpc) is 2.76. The molecule has 0 bridgehead atoms. The lowest BCUT2D eigenvalue weighted by Crippen LogP contribution is -2.38. The molecule has 2 heterocycles. The predicted octanol–water partition coefficient (Wildman–Crippen LogP) is 3.22. The van der Waals surface area contributed by atoms with Crippen LogP contribution in [0.2, 0.25) is 5.02 Å². The first-order valence-electron chi connectivity index (χ1n) is 8.30. The van der Waals surface area contributed by atoms with Gasteiger partial charge in [-0.15, -0.1) is 0 Å². The molecule has 120 valence electrons. The van der Waals surface area contributed by atoms with E-state index in [-0.39, 0.29) is 0 Å². The molecule has 0 amide bonds. The SMILES string of the molecule is CCn1nc(C)c(Cl)c1CNCCCN1CCCCC1C. The third-order valence-electron chi connectivity index (χ3n) is 4.48. The van der Waals surface area contributed by atoms with Crippen molar-refractivity contribution in [1.29, 1.82) is 0 Å². The Hall–Kier alpha value is -0.580. The van der Waals surface area contributed by atoms with Crippen molar-refractivity contribution in [1.82, 2.24) is 20.0 Å². The largest absolute Gasteiger partial charge is 0.311 e. The van der Waals surface area contributed by atoms with Crippen LogP contribution in [0.4, 0.5) is 0 Å². The van der Waals surface area contributed by atoms with E-state index >= 15 is 0 Å². The normalized spacial score (nSPS) is 20.1. The summed E-state index contributed by atoms with van der Waals surface area (Å²) < 4.78 is 2.00. The van der Waals surface area contributed by atoms with Crippen LogP contribution in [-0.2, 0) is 13.1 Å². The minimum Gasteiger partial charge on any atom is -0.311 e. The first-order chi connectivity index (χ1) is 10.1. The summed E-state index contributed by atoms with van der Waals surface area (Å²) in [4.78, 5) is 2.62. The second-order valence-electron chi connectivity index (χ2n) is 6.07. The summed E-state index contributed by atoms with van der Waals surface area (Å²) in [5.41, 5.74) is 2.04. The molecule has 1 aromatic heterocycles. The van der Waals surface area contributed by atoms with Crippen LogP contribution in [0, 0.1) is 6.92 Å². The number of rotatable bonds is 7. The summed E-state index contributed by atoms with van der Waals surface area (Å²) in [7, 11) is 0. The standard InChI is InChI=1S/C16H29ClN4/c1-4-21-15(16(17)14(3)19-21)12-18-9-7-11-20-10-6-5-8-13(20)2/h13,18H,4-12H2,1-3H3. The molecule has 2 rings (SSSR count). The minimum atomic E-state index is 0.761. The van der Waals surface area contributed by atoms with Crippen LogP contribution >= 0.6 is 11.6 Å². The highest BCUT2D eigenvalue weighted by Crippen LogP contribution is 2.20. The Bertz CT molecular complexity index is 444. The maximum Gasteiger partial charge on any atom is 0.0860 e. The second-order valence-corrected chi connectivity index (χ2v) is 6.45. The molecule has 1 aromatic rings. The van der Waals surface area contributed by atoms with Gasteiger partial charge in [-0.2, -0.15) is 5.10 Å². The van der Waals surface area contributed by atoms with Gasteiger partial charge in [0.1, 0.15) is 0 Å². The molecule has 5 heteroatoms. The summed E-state index contributed by atoms with van der Waals surface area (Å²) in [5, 5.41) is 8.77. The van der Waals surface area contributed by atoms with Gasteiger partial charge in [0.25, 0.3) is 0 Å². The summed E-state index contributed by atoms with van der Waals surface area (Å²) in [6.07, 6.45) is 5.32. The molecule has 0 saturated carbocycles. The molecule has 0 radical (unpaired) electrons. The monoisotopic (exact) mass is 312 g/mol. The molecule has 1 saturated heterocycles. The van der Waals surface area contributed by atoms with E-state index in [1.807, 2.05) is 11.6 Å². The van der Waals surface area contributed by atoms with Crippen LogP contribution in [0.5, 0.6) is 0 Å². The molecule has 1 aliphatic rings. The van der Waals surface area contributed by atoms with E-state index in [2.05, 4.69) is 29.2 Å². The molecule has 1 unspecified atom stereocenters. The van der Waals surface area contributed by atoms with E-state index in [0.717, 1.165) is 42.1 Å². The Labute approximate surface area is 133 Å². The van der Waals surface area contributed by atoms with Gasteiger partial charge in [-0.05, 0) is 59.7 Å². The number of hydrogen-bond donors (Lipinski definition) is 1. The van der Waals surface area contributed by atoms with Gasteiger partial charge in [0.05, 0.1) is 16.4 Å². The van der Waals surface area contributed by atoms with Gasteiger partial charge in [-0.3, -0.25) is 4.68 Å². The summed E-state index contributed by atoms with van der Waals surface area (Å²) in [6.45, 7) is 11.6. The van der Waals surface area contributed by atoms with Gasteiger partial charge in [-0.1, -0.05) is 18.0 Å². The smallest absolute Gasteiger partial charge is 0.0860 e. The number of aromatic nitrogens is 2. The third kappa shape index (κ3) is 4.44. The molecular formula is C16H29ClN4. The number of nitrogens with zero attached hydrogens (tertiary/aromatic N) is 3. The summed E-state index contributed by atoms with van der Waals surface area (Å²) >= 11 is 6.31. The van der Waals surface area contributed by atoms with Crippen LogP contribution in [0.3, 0.4) is 0 Å². The van der Waals surface area contributed by atoms with Crippen LogP contribution < -0.4 is 5.32 Å². The molecule has 1 atom stereocenters. The van der Waals surface area contributed by atoms with Crippen molar-refractivity contribution < 1.29 is 0 Å². The van der Waals surface area contributed by atoms with Gasteiger partial charge in [0.2, 0.25) is 0 Å². The zero-order valence-electron chi connectivity index (χ0n) is 13.7. The van der Waals surface area contributed by atoms with Crippen molar-refractivity contribution in [2.24, 2.45) is 0 Å². The molecule has 0 spiro atoms. The Morgan fingerprint density at radius 1 is 1.38 bits per heavy atom. The summed E-state index contributed by atoms with van der Waals surface area (Å²) in [6, 6.07) is 0.761. The van der Waals surface area contributed by atoms with Crippen molar-refractivity contribution in [2.75, 3.05) is 19.6 Å². The lowest BCUT2D eigenvalue weighted by atomic mass is 10.0. The Kier molecular flexibility index (Phi) is 6.52. The Morgan fingerprint density at radius 2 is 2.19 bits per heavy atom. The average molecular weight is 313 g/mol. The number of likely N-dealkylation sites (tertiary alicyclic amines) is 1. The molecule has 0 aromatic carbocycles. The van der Waals surface area contributed by atoms with Crippen molar-refractivity contribution in [3.05, 3.63) is 16.4 Å². The van der Waals surface area contributed by atoms with Gasteiger partial charge < -0.3 is 10.2 Å². The first-order valence-corrected chi connectivity index (χ1v) is 8.67. The van der Waals surface area contributed by atoms with E-state index in [1.165, 1.54) is 38.8 Å². The lowest BCUT2D eigenvalue weighted by Gasteiger charge is -2.33. The van der Waals surface area contributed by atoms with Crippen LogP contribution in [0.1, 0.15) is 50.9 Å². The number of hydrogen-bond acceptors (Lipinski definition) is 3. The Morgan fingerprint density at radius 3 is 2.90 bits per heavy atom. The Balaban J connectivity index is 1.70. The number of piperidine rings is 1. The molecule has 1 N–H and O–H groups in total. The fourth-order valence-electron chi connectivity index (χ4n) is 3.14. The maximum absolute atomic E-state index is 6.31. The molecular weight excluding hydrogens is 284 g/mol. The molecule has 0 aliphatic carbocycles. The van der Waals surface area contributed by atoms with Gasteiger partial charge >= 0.3 is 0 Å². The van der Waals surface area contributed by atoms with Crippen LogP contribution in [0.15, 0.2) is 0 Å². The quantitative estimate of drug-likeness (QED) is 0.785. The fraction of sp³-hybridized carbons (Fsp3) is 0.812. The fourth-order valence-corrected chi connectivity index (χ4v) is 3.34. The van der Waals surface area contributed by atoms with Gasteiger partial charge in [-0.25, -0.2) is 0 Å². The topological polar surface area (TPSA) is 33.1 Å². The van der Waals surface area contributed by atoms with Crippen LogP contribution in [-0.4, -0.2) is 40.4 Å². The number of nitrogens with one attached hydrogen (secondary N) is 1. The zero-order valence-corrected chi connectivity index (χ0v) is 14.4. The van der Waals surface area contributed by atoms with E-state index in [4.69, 9.17) is 11.6 Å². The highest BCUT2D eigenvalue weighted by atomic mass is 35.5. The predicted molar refractivity (Wildman–Crippen MR) is 88.9 cm³/mol. The number of halogens is 1. The van der Waals surface area contributed by atoms with Crippen molar-refractivity contribution in [3.63, 3.8) is 0 Å².